The zero-order chi connectivity index (χ0) is 15.0. The van der Waals surface area contributed by atoms with E-state index in [2.05, 4.69) is 0 Å². The van der Waals surface area contributed by atoms with E-state index >= 15 is 0 Å². The molecule has 1 saturated carbocycles. The average molecular weight is 290 g/mol. The van der Waals surface area contributed by atoms with E-state index < -0.39 is 0 Å². The van der Waals surface area contributed by atoms with Crippen LogP contribution in [0.1, 0.15) is 30.1 Å². The molecule has 3 unspecified atom stereocenters. The Morgan fingerprint density at radius 2 is 2.24 bits per heavy atom. The summed E-state index contributed by atoms with van der Waals surface area (Å²) in [4.78, 5) is 14.6. The lowest BCUT2D eigenvalue weighted by atomic mass is 10.00. The molecule has 1 amide bonds. The summed E-state index contributed by atoms with van der Waals surface area (Å²) in [5.41, 5.74) is 6.89. The highest BCUT2D eigenvalue weighted by Gasteiger charge is 2.43. The number of likely N-dealkylation sites (tertiary alicyclic amines) is 1. The van der Waals surface area contributed by atoms with Crippen molar-refractivity contribution in [2.24, 2.45) is 11.8 Å². The number of hydrogen-bond acceptors (Lipinski definition) is 4. The Hall–Kier alpha value is -1.75. The largest absolute Gasteiger partial charge is 0.493 e. The van der Waals surface area contributed by atoms with Crippen LogP contribution in [0.25, 0.3) is 0 Å². The first kappa shape index (κ1) is 14.2. The predicted octanol–water partition coefficient (Wildman–Crippen LogP) is 1.51. The predicted molar refractivity (Wildman–Crippen MR) is 80.1 cm³/mol. The quantitative estimate of drug-likeness (QED) is 0.827. The van der Waals surface area contributed by atoms with E-state index in [-0.39, 0.29) is 17.9 Å². The lowest BCUT2D eigenvalue weighted by Crippen LogP contribution is -2.32. The number of aliphatic hydroxyl groups is 1. The van der Waals surface area contributed by atoms with Crippen molar-refractivity contribution in [3.05, 3.63) is 23.8 Å². The molecule has 2 aliphatic rings. The average Bonchev–Trinajstić information content (AvgIpc) is 3.02. The molecular formula is C16H22N2O3. The van der Waals surface area contributed by atoms with Crippen LogP contribution in [0.15, 0.2) is 18.2 Å². The lowest BCUT2D eigenvalue weighted by molar-refractivity contribution is 0.0749. The maximum atomic E-state index is 12.8. The molecule has 3 rings (SSSR count). The Morgan fingerprint density at radius 3 is 2.95 bits per heavy atom. The third-order valence-electron chi connectivity index (χ3n) is 4.68. The smallest absolute Gasteiger partial charge is 0.259 e. The second-order valence-corrected chi connectivity index (χ2v) is 5.93. The first-order chi connectivity index (χ1) is 10.1. The topological polar surface area (TPSA) is 75.8 Å². The van der Waals surface area contributed by atoms with Gasteiger partial charge in [0.05, 0.1) is 12.7 Å². The summed E-state index contributed by atoms with van der Waals surface area (Å²) in [6.45, 7) is 3.70. The molecule has 1 aliphatic heterocycles. The van der Waals surface area contributed by atoms with E-state index in [0.29, 0.717) is 42.6 Å². The number of aliphatic hydroxyl groups excluding tert-OH is 1. The van der Waals surface area contributed by atoms with Crippen molar-refractivity contribution in [1.82, 2.24) is 4.90 Å². The van der Waals surface area contributed by atoms with Crippen molar-refractivity contribution < 1.29 is 14.6 Å². The van der Waals surface area contributed by atoms with E-state index in [0.717, 1.165) is 12.8 Å². The Labute approximate surface area is 124 Å². The van der Waals surface area contributed by atoms with Gasteiger partial charge < -0.3 is 20.5 Å². The Bertz CT molecular complexity index is 546. The highest BCUT2D eigenvalue weighted by molar-refractivity contribution is 6.02. The van der Waals surface area contributed by atoms with Crippen molar-refractivity contribution in [2.75, 3.05) is 25.4 Å². The van der Waals surface area contributed by atoms with E-state index in [9.17, 15) is 9.90 Å². The van der Waals surface area contributed by atoms with E-state index in [1.54, 1.807) is 18.2 Å². The summed E-state index contributed by atoms with van der Waals surface area (Å²) in [5.74, 6) is 1.09. The van der Waals surface area contributed by atoms with E-state index in [1.165, 1.54) is 0 Å². The molecule has 5 heteroatoms. The van der Waals surface area contributed by atoms with Gasteiger partial charge in [0.1, 0.15) is 11.3 Å². The second-order valence-electron chi connectivity index (χ2n) is 5.93. The highest BCUT2D eigenvalue weighted by Crippen LogP contribution is 2.39. The van der Waals surface area contributed by atoms with Crippen LogP contribution in [0.5, 0.6) is 5.75 Å². The standard InChI is InChI=1S/C16H22N2O3/c1-2-21-14-5-3-4-12(17)15(14)16(20)18-8-10-6-7-13(19)11(10)9-18/h3-5,10-11,13,19H,2,6-9,17H2,1H3. The molecule has 5 nitrogen and oxygen atoms in total. The molecule has 2 fully saturated rings. The summed E-state index contributed by atoms with van der Waals surface area (Å²) in [6, 6.07) is 5.29. The van der Waals surface area contributed by atoms with Gasteiger partial charge in [0.15, 0.2) is 0 Å². The van der Waals surface area contributed by atoms with Gasteiger partial charge in [-0.25, -0.2) is 0 Å². The summed E-state index contributed by atoms with van der Waals surface area (Å²) in [5, 5.41) is 9.98. The molecule has 114 valence electrons. The van der Waals surface area contributed by atoms with Gasteiger partial charge >= 0.3 is 0 Å². The van der Waals surface area contributed by atoms with Crippen LogP contribution in [-0.2, 0) is 0 Å². The summed E-state index contributed by atoms with van der Waals surface area (Å²) >= 11 is 0. The first-order valence-electron chi connectivity index (χ1n) is 7.60. The zero-order valence-electron chi connectivity index (χ0n) is 12.3. The Kier molecular flexibility index (Phi) is 3.76. The third-order valence-corrected chi connectivity index (χ3v) is 4.68. The molecule has 0 aromatic heterocycles. The van der Waals surface area contributed by atoms with Crippen LogP contribution in [0, 0.1) is 11.8 Å². The number of rotatable bonds is 3. The van der Waals surface area contributed by atoms with Crippen LogP contribution in [0.4, 0.5) is 5.69 Å². The van der Waals surface area contributed by atoms with Crippen molar-refractivity contribution in [2.45, 2.75) is 25.9 Å². The maximum Gasteiger partial charge on any atom is 0.259 e. The van der Waals surface area contributed by atoms with Crippen LogP contribution in [-0.4, -0.2) is 41.7 Å². The van der Waals surface area contributed by atoms with E-state index in [4.69, 9.17) is 10.5 Å². The SMILES string of the molecule is CCOc1cccc(N)c1C(=O)N1CC2CCC(O)C2C1. The number of nitrogens with zero attached hydrogens (tertiary/aromatic N) is 1. The monoisotopic (exact) mass is 290 g/mol. The minimum Gasteiger partial charge on any atom is -0.493 e. The maximum absolute atomic E-state index is 12.8. The highest BCUT2D eigenvalue weighted by atomic mass is 16.5. The van der Waals surface area contributed by atoms with Gasteiger partial charge in [0.25, 0.3) is 5.91 Å². The number of ether oxygens (including phenoxy) is 1. The fourth-order valence-electron chi connectivity index (χ4n) is 3.61. The molecule has 3 N–H and O–H groups in total. The Balaban J connectivity index is 1.83. The van der Waals surface area contributed by atoms with Crippen LogP contribution in [0.3, 0.4) is 0 Å². The number of nitrogens with two attached hydrogens (primary N) is 1. The van der Waals surface area contributed by atoms with Crippen LogP contribution < -0.4 is 10.5 Å². The number of nitrogen functional groups attached to an aromatic ring is 1. The van der Waals surface area contributed by atoms with Gasteiger partial charge in [0.2, 0.25) is 0 Å². The number of carbonyl (C=O) groups excluding carboxylic acids is 1. The van der Waals surface area contributed by atoms with E-state index in [1.807, 2.05) is 11.8 Å². The molecule has 0 spiro atoms. The van der Waals surface area contributed by atoms with Crippen molar-refractivity contribution in [3.8, 4) is 5.75 Å². The molecular weight excluding hydrogens is 268 g/mol. The number of benzene rings is 1. The summed E-state index contributed by atoms with van der Waals surface area (Å²) < 4.78 is 5.54. The minimum absolute atomic E-state index is 0.0850. The zero-order valence-corrected chi connectivity index (χ0v) is 12.3. The number of carbonyl (C=O) groups is 1. The van der Waals surface area contributed by atoms with Crippen molar-refractivity contribution in [3.63, 3.8) is 0 Å². The van der Waals surface area contributed by atoms with Gasteiger partial charge in [0, 0.05) is 24.7 Å². The van der Waals surface area contributed by atoms with Crippen LogP contribution in [0.2, 0.25) is 0 Å². The molecule has 1 aromatic carbocycles. The molecule has 3 atom stereocenters. The second kappa shape index (κ2) is 5.56. The van der Waals surface area contributed by atoms with Crippen molar-refractivity contribution in [1.29, 1.82) is 0 Å². The Morgan fingerprint density at radius 1 is 1.43 bits per heavy atom. The fourth-order valence-corrected chi connectivity index (χ4v) is 3.61. The summed E-state index contributed by atoms with van der Waals surface area (Å²) in [6.07, 6.45) is 1.58. The van der Waals surface area contributed by atoms with Gasteiger partial charge in [-0.3, -0.25) is 4.79 Å². The molecule has 1 heterocycles. The molecule has 1 aliphatic carbocycles. The number of hydrogen-bond donors (Lipinski definition) is 2. The van der Waals surface area contributed by atoms with Gasteiger partial charge in [-0.1, -0.05) is 6.07 Å². The fraction of sp³-hybridized carbons (Fsp3) is 0.562. The number of amides is 1. The molecule has 1 saturated heterocycles. The molecule has 1 aromatic rings. The lowest BCUT2D eigenvalue weighted by Gasteiger charge is -2.21. The number of fused-ring (bicyclic) bond motifs is 1. The van der Waals surface area contributed by atoms with Crippen LogP contribution >= 0.6 is 0 Å². The van der Waals surface area contributed by atoms with Crippen molar-refractivity contribution >= 4 is 11.6 Å². The summed E-state index contributed by atoms with van der Waals surface area (Å²) in [7, 11) is 0. The number of anilines is 1. The molecule has 0 radical (unpaired) electrons. The van der Waals surface area contributed by atoms with Gasteiger partial charge in [-0.15, -0.1) is 0 Å². The molecule has 21 heavy (non-hydrogen) atoms. The molecule has 0 bridgehead atoms. The van der Waals surface area contributed by atoms with Gasteiger partial charge in [-0.2, -0.15) is 0 Å². The third kappa shape index (κ3) is 2.46. The normalized spacial score (nSPS) is 27.7. The first-order valence-corrected chi connectivity index (χ1v) is 7.60. The van der Waals surface area contributed by atoms with Gasteiger partial charge in [-0.05, 0) is 37.8 Å². The minimum atomic E-state index is -0.271.